The monoisotopic (exact) mass is 277 g/mol. The minimum Gasteiger partial charge on any atom is -0.399 e. The minimum atomic E-state index is -0.667. The van der Waals surface area contributed by atoms with E-state index in [0.29, 0.717) is 5.69 Å². The molecule has 0 unspecified atom stereocenters. The van der Waals surface area contributed by atoms with Crippen LogP contribution in [0.25, 0.3) is 10.8 Å². The summed E-state index contributed by atoms with van der Waals surface area (Å²) in [4.78, 5) is 0. The summed E-state index contributed by atoms with van der Waals surface area (Å²) in [6.45, 7) is 3.99. The summed E-state index contributed by atoms with van der Waals surface area (Å²) in [6, 6.07) is 18.0. The van der Waals surface area contributed by atoms with Crippen LogP contribution in [-0.2, 0) is 0 Å². The Bertz CT molecular complexity index is 808. The lowest BCUT2D eigenvalue weighted by atomic mass is 9.90. The maximum Gasteiger partial charge on any atom is 0.105 e. The van der Waals surface area contributed by atoms with Crippen LogP contribution >= 0.6 is 0 Å². The molecule has 0 saturated heterocycles. The molecule has 0 aliphatic rings. The molecule has 0 bridgehead atoms. The third kappa shape index (κ3) is 2.28. The highest BCUT2D eigenvalue weighted by molar-refractivity contribution is 5.87. The van der Waals surface area contributed by atoms with E-state index in [2.05, 4.69) is 24.3 Å². The SMILES string of the molecule is Cc1ccc2ccccc2c1[C@@H](O)c1cccc(N)c1C. The van der Waals surface area contributed by atoms with Gasteiger partial charge >= 0.3 is 0 Å². The predicted octanol–water partition coefficient (Wildman–Crippen LogP) is 4.12. The van der Waals surface area contributed by atoms with Crippen molar-refractivity contribution in [1.29, 1.82) is 0 Å². The zero-order chi connectivity index (χ0) is 15.0. The Morgan fingerprint density at radius 2 is 1.67 bits per heavy atom. The van der Waals surface area contributed by atoms with Crippen molar-refractivity contribution in [2.45, 2.75) is 20.0 Å². The number of aryl methyl sites for hydroxylation is 1. The number of anilines is 1. The molecule has 0 aliphatic heterocycles. The van der Waals surface area contributed by atoms with E-state index in [9.17, 15) is 5.11 Å². The molecule has 3 aromatic rings. The van der Waals surface area contributed by atoms with Crippen LogP contribution in [0.4, 0.5) is 5.69 Å². The normalized spacial score (nSPS) is 12.5. The highest BCUT2D eigenvalue weighted by Gasteiger charge is 2.18. The lowest BCUT2D eigenvalue weighted by molar-refractivity contribution is 0.220. The summed E-state index contributed by atoms with van der Waals surface area (Å²) in [5, 5.41) is 13.1. The Kier molecular flexibility index (Phi) is 3.40. The van der Waals surface area contributed by atoms with Crippen LogP contribution in [-0.4, -0.2) is 5.11 Å². The molecule has 3 aromatic carbocycles. The molecule has 0 fully saturated rings. The number of hydrogen-bond donors (Lipinski definition) is 2. The molecule has 3 N–H and O–H groups in total. The Hall–Kier alpha value is -2.32. The average molecular weight is 277 g/mol. The molecule has 2 nitrogen and oxygen atoms in total. The topological polar surface area (TPSA) is 46.2 Å². The average Bonchev–Trinajstić information content (AvgIpc) is 2.49. The fraction of sp³-hybridized carbons (Fsp3) is 0.158. The van der Waals surface area contributed by atoms with Crippen molar-refractivity contribution in [3.8, 4) is 0 Å². The van der Waals surface area contributed by atoms with Crippen LogP contribution in [0.2, 0.25) is 0 Å². The first-order valence-corrected chi connectivity index (χ1v) is 7.11. The Balaban J connectivity index is 2.24. The van der Waals surface area contributed by atoms with Gasteiger partial charge in [0.05, 0.1) is 0 Å². The van der Waals surface area contributed by atoms with E-state index < -0.39 is 6.10 Å². The number of nitrogen functional groups attached to an aromatic ring is 1. The molecule has 0 aromatic heterocycles. The first kappa shape index (κ1) is 13.7. The van der Waals surface area contributed by atoms with Gasteiger partial charge in [-0.1, -0.05) is 48.5 Å². The maximum atomic E-state index is 10.9. The van der Waals surface area contributed by atoms with Gasteiger partial charge < -0.3 is 10.8 Å². The van der Waals surface area contributed by atoms with E-state index in [1.54, 1.807) is 0 Å². The molecule has 0 saturated carbocycles. The van der Waals surface area contributed by atoms with E-state index in [1.807, 2.05) is 44.2 Å². The first-order valence-electron chi connectivity index (χ1n) is 7.11. The van der Waals surface area contributed by atoms with Crippen molar-refractivity contribution < 1.29 is 5.11 Å². The molecule has 0 aliphatic carbocycles. The molecule has 0 heterocycles. The first-order chi connectivity index (χ1) is 10.1. The van der Waals surface area contributed by atoms with Crippen LogP contribution < -0.4 is 5.73 Å². The molecule has 106 valence electrons. The lowest BCUT2D eigenvalue weighted by Gasteiger charge is -2.19. The third-order valence-corrected chi connectivity index (χ3v) is 4.17. The number of rotatable bonds is 2. The highest BCUT2D eigenvalue weighted by Crippen LogP contribution is 2.34. The van der Waals surface area contributed by atoms with Gasteiger partial charge in [-0.05, 0) is 52.9 Å². The molecule has 0 radical (unpaired) electrons. The van der Waals surface area contributed by atoms with E-state index >= 15 is 0 Å². The van der Waals surface area contributed by atoms with Crippen LogP contribution in [0.5, 0.6) is 0 Å². The Labute approximate surface area is 124 Å². The Morgan fingerprint density at radius 3 is 2.48 bits per heavy atom. The van der Waals surface area contributed by atoms with Crippen LogP contribution in [0.3, 0.4) is 0 Å². The van der Waals surface area contributed by atoms with Crippen molar-refractivity contribution in [2.75, 3.05) is 5.73 Å². The molecule has 0 spiro atoms. The number of benzene rings is 3. The van der Waals surface area contributed by atoms with Gasteiger partial charge in [0.2, 0.25) is 0 Å². The van der Waals surface area contributed by atoms with E-state index in [1.165, 1.54) is 0 Å². The van der Waals surface area contributed by atoms with E-state index in [0.717, 1.165) is 33.0 Å². The van der Waals surface area contributed by atoms with Gasteiger partial charge in [0.1, 0.15) is 6.10 Å². The molecule has 3 rings (SSSR count). The summed E-state index contributed by atoms with van der Waals surface area (Å²) in [5.74, 6) is 0. The fourth-order valence-corrected chi connectivity index (χ4v) is 2.89. The van der Waals surface area contributed by atoms with Gasteiger partial charge in [0.15, 0.2) is 0 Å². The predicted molar refractivity (Wildman–Crippen MR) is 88.3 cm³/mol. The zero-order valence-electron chi connectivity index (χ0n) is 12.3. The number of aliphatic hydroxyl groups excluding tert-OH is 1. The van der Waals surface area contributed by atoms with Gasteiger partial charge in [0.25, 0.3) is 0 Å². The van der Waals surface area contributed by atoms with Gasteiger partial charge in [-0.2, -0.15) is 0 Å². The summed E-state index contributed by atoms with van der Waals surface area (Å²) in [6.07, 6.45) is -0.667. The largest absolute Gasteiger partial charge is 0.399 e. The van der Waals surface area contributed by atoms with Gasteiger partial charge in [0, 0.05) is 5.69 Å². The number of aliphatic hydroxyl groups is 1. The van der Waals surface area contributed by atoms with Gasteiger partial charge in [-0.25, -0.2) is 0 Å². The summed E-state index contributed by atoms with van der Waals surface area (Å²) < 4.78 is 0. The Morgan fingerprint density at radius 1 is 0.905 bits per heavy atom. The summed E-state index contributed by atoms with van der Waals surface area (Å²) in [7, 11) is 0. The number of nitrogens with two attached hydrogens (primary N) is 1. The second-order valence-corrected chi connectivity index (χ2v) is 5.48. The van der Waals surface area contributed by atoms with Crippen molar-refractivity contribution in [3.05, 3.63) is 76.9 Å². The van der Waals surface area contributed by atoms with Gasteiger partial charge in [-0.3, -0.25) is 0 Å². The standard InChI is InChI=1S/C19H19NO/c1-12-10-11-14-6-3-4-7-16(14)18(12)19(21)15-8-5-9-17(20)13(15)2/h3-11,19,21H,20H2,1-2H3/t19-/m0/s1. The van der Waals surface area contributed by atoms with Crippen molar-refractivity contribution in [3.63, 3.8) is 0 Å². The smallest absolute Gasteiger partial charge is 0.105 e. The minimum absolute atomic E-state index is 0.667. The summed E-state index contributed by atoms with van der Waals surface area (Å²) in [5.41, 5.74) is 10.5. The quantitative estimate of drug-likeness (QED) is 0.692. The summed E-state index contributed by atoms with van der Waals surface area (Å²) >= 11 is 0. The zero-order valence-corrected chi connectivity index (χ0v) is 12.3. The molecular weight excluding hydrogens is 258 g/mol. The molecule has 1 atom stereocenters. The van der Waals surface area contributed by atoms with Crippen LogP contribution in [0, 0.1) is 13.8 Å². The maximum absolute atomic E-state index is 10.9. The van der Waals surface area contributed by atoms with Crippen LogP contribution in [0.15, 0.2) is 54.6 Å². The van der Waals surface area contributed by atoms with Crippen molar-refractivity contribution >= 4 is 16.5 Å². The molecule has 21 heavy (non-hydrogen) atoms. The van der Waals surface area contributed by atoms with Crippen LogP contribution in [0.1, 0.15) is 28.4 Å². The second kappa shape index (κ2) is 5.23. The molecule has 2 heteroatoms. The second-order valence-electron chi connectivity index (χ2n) is 5.48. The van der Waals surface area contributed by atoms with E-state index in [4.69, 9.17) is 5.73 Å². The molecular formula is C19H19NO. The van der Waals surface area contributed by atoms with E-state index in [-0.39, 0.29) is 0 Å². The molecule has 0 amide bonds. The lowest BCUT2D eigenvalue weighted by Crippen LogP contribution is -2.06. The van der Waals surface area contributed by atoms with Gasteiger partial charge in [-0.15, -0.1) is 0 Å². The van der Waals surface area contributed by atoms with Crippen molar-refractivity contribution in [1.82, 2.24) is 0 Å². The van der Waals surface area contributed by atoms with Crippen molar-refractivity contribution in [2.24, 2.45) is 0 Å². The number of hydrogen-bond acceptors (Lipinski definition) is 2. The number of fused-ring (bicyclic) bond motifs is 1. The fourth-order valence-electron chi connectivity index (χ4n) is 2.89. The highest BCUT2D eigenvalue weighted by atomic mass is 16.3. The third-order valence-electron chi connectivity index (χ3n) is 4.17.